The molecule has 1 atom stereocenters. The number of nitrogens with two attached hydrogens (primary N) is 1. The lowest BCUT2D eigenvalue weighted by molar-refractivity contribution is 0.278. The van der Waals surface area contributed by atoms with Gasteiger partial charge in [0.2, 0.25) is 0 Å². The fraction of sp³-hybridized carbons (Fsp3) is 0.278. The van der Waals surface area contributed by atoms with Gasteiger partial charge in [-0.25, -0.2) is 4.99 Å². The van der Waals surface area contributed by atoms with E-state index in [2.05, 4.69) is 33.1 Å². The zero-order valence-electron chi connectivity index (χ0n) is 13.2. The van der Waals surface area contributed by atoms with Crippen LogP contribution in [0.15, 0.2) is 51.9 Å². The first-order valence-electron chi connectivity index (χ1n) is 7.53. The van der Waals surface area contributed by atoms with Crippen LogP contribution in [0.5, 0.6) is 5.75 Å². The summed E-state index contributed by atoms with van der Waals surface area (Å²) >= 11 is 3.53. The maximum absolute atomic E-state index is 5.83. The zero-order valence-corrected chi connectivity index (χ0v) is 14.8. The lowest BCUT2D eigenvalue weighted by Crippen LogP contribution is -2.27. The van der Waals surface area contributed by atoms with Crippen LogP contribution in [0.2, 0.25) is 0 Å². The number of aryl methyl sites for hydroxylation is 1. The Morgan fingerprint density at radius 1 is 1.26 bits per heavy atom. The molecule has 2 N–H and O–H groups in total. The normalized spacial score (nSPS) is 20.0. The fourth-order valence-corrected chi connectivity index (χ4v) is 3.26. The van der Waals surface area contributed by atoms with E-state index in [1.54, 1.807) is 0 Å². The first-order chi connectivity index (χ1) is 11.0. The topological polar surface area (TPSA) is 56.8 Å². The van der Waals surface area contributed by atoms with Crippen LogP contribution >= 0.6 is 15.9 Å². The van der Waals surface area contributed by atoms with E-state index >= 15 is 0 Å². The van der Waals surface area contributed by atoms with Crippen LogP contribution in [0.25, 0.3) is 0 Å². The Kier molecular flexibility index (Phi) is 4.31. The minimum atomic E-state index is -0.622. The second-order valence-electron chi connectivity index (χ2n) is 5.52. The van der Waals surface area contributed by atoms with E-state index in [0.29, 0.717) is 13.2 Å². The highest BCUT2D eigenvalue weighted by atomic mass is 79.9. The van der Waals surface area contributed by atoms with Gasteiger partial charge in [0, 0.05) is 4.47 Å². The molecule has 4 nitrogen and oxygen atoms in total. The Bertz CT molecular complexity index is 760. The third-order valence-corrected chi connectivity index (χ3v) is 4.48. The Labute approximate surface area is 144 Å². The molecule has 1 aliphatic heterocycles. The second-order valence-corrected chi connectivity index (χ2v) is 6.44. The summed E-state index contributed by atoms with van der Waals surface area (Å²) in [6.07, 6.45) is 0. The number of amidine groups is 1. The molecule has 23 heavy (non-hydrogen) atoms. The van der Waals surface area contributed by atoms with E-state index < -0.39 is 5.54 Å². The number of benzene rings is 2. The van der Waals surface area contributed by atoms with Crippen LogP contribution in [0, 0.1) is 6.92 Å². The van der Waals surface area contributed by atoms with Gasteiger partial charge in [0.05, 0.1) is 6.61 Å². The van der Waals surface area contributed by atoms with Crippen molar-refractivity contribution in [2.45, 2.75) is 19.4 Å². The molecular formula is C18H19BrN2O2. The number of nitrogens with zero attached hydrogens (tertiary/aromatic N) is 1. The minimum absolute atomic E-state index is 0.219. The summed E-state index contributed by atoms with van der Waals surface area (Å²) in [5, 5.41) is 0. The van der Waals surface area contributed by atoms with E-state index in [4.69, 9.17) is 15.2 Å². The largest absolute Gasteiger partial charge is 0.494 e. The summed E-state index contributed by atoms with van der Waals surface area (Å²) in [5.41, 5.74) is 8.35. The molecule has 0 saturated heterocycles. The monoisotopic (exact) mass is 374 g/mol. The van der Waals surface area contributed by atoms with Crippen molar-refractivity contribution in [2.75, 3.05) is 13.2 Å². The highest BCUT2D eigenvalue weighted by Gasteiger charge is 2.40. The molecular weight excluding hydrogens is 356 g/mol. The Balaban J connectivity index is 2.13. The Morgan fingerprint density at radius 2 is 2.04 bits per heavy atom. The van der Waals surface area contributed by atoms with Gasteiger partial charge in [-0.1, -0.05) is 34.1 Å². The first-order valence-corrected chi connectivity index (χ1v) is 8.32. The molecule has 120 valence electrons. The lowest BCUT2D eigenvalue weighted by atomic mass is 9.83. The summed E-state index contributed by atoms with van der Waals surface area (Å²) in [6, 6.07) is 14.4. The van der Waals surface area contributed by atoms with Crippen molar-refractivity contribution < 1.29 is 9.47 Å². The van der Waals surface area contributed by atoms with Crippen LogP contribution in [-0.4, -0.2) is 19.2 Å². The van der Waals surface area contributed by atoms with Crippen LogP contribution in [0.3, 0.4) is 0 Å². The van der Waals surface area contributed by atoms with Gasteiger partial charge >= 0.3 is 0 Å². The van der Waals surface area contributed by atoms with Gasteiger partial charge in [0.15, 0.2) is 5.54 Å². The summed E-state index contributed by atoms with van der Waals surface area (Å²) < 4.78 is 12.1. The number of aliphatic imine (C=N–C) groups is 1. The van der Waals surface area contributed by atoms with Crippen molar-refractivity contribution in [3.63, 3.8) is 0 Å². The van der Waals surface area contributed by atoms with Gasteiger partial charge in [0.1, 0.15) is 12.4 Å². The van der Waals surface area contributed by atoms with Gasteiger partial charge in [-0.05, 0) is 54.8 Å². The zero-order chi connectivity index (χ0) is 16.4. The molecule has 0 fully saturated rings. The van der Waals surface area contributed by atoms with Crippen LogP contribution in [0.1, 0.15) is 23.6 Å². The molecule has 2 aromatic carbocycles. The highest BCUT2D eigenvalue weighted by molar-refractivity contribution is 9.10. The summed E-state index contributed by atoms with van der Waals surface area (Å²) in [7, 11) is 0. The molecule has 1 heterocycles. The molecule has 5 heteroatoms. The molecule has 2 aromatic rings. The van der Waals surface area contributed by atoms with Gasteiger partial charge in [-0.2, -0.15) is 0 Å². The van der Waals surface area contributed by atoms with Gasteiger partial charge < -0.3 is 15.2 Å². The quantitative estimate of drug-likeness (QED) is 0.886. The van der Waals surface area contributed by atoms with E-state index in [9.17, 15) is 0 Å². The minimum Gasteiger partial charge on any atom is -0.494 e. The standard InChI is InChI=1S/C18H19BrN2O2/c1-3-22-16-8-7-14(9-12(16)2)18(11-23-17(20)21-18)13-5-4-6-15(19)10-13/h4-10H,3,11H2,1-2H3,(H2,20,21). The molecule has 0 amide bonds. The average Bonchev–Trinajstić information content (AvgIpc) is 2.93. The Morgan fingerprint density at radius 3 is 2.65 bits per heavy atom. The first kappa shape index (κ1) is 15.9. The molecule has 0 spiro atoms. The van der Waals surface area contributed by atoms with Gasteiger partial charge in [0.25, 0.3) is 6.02 Å². The SMILES string of the molecule is CCOc1ccc(C2(c3cccc(Br)c3)COC(N)=N2)cc1C. The highest BCUT2D eigenvalue weighted by Crippen LogP contribution is 2.39. The molecule has 0 aliphatic carbocycles. The van der Waals surface area contributed by atoms with Crippen molar-refractivity contribution in [2.24, 2.45) is 10.7 Å². The number of hydrogen-bond donors (Lipinski definition) is 1. The lowest BCUT2D eigenvalue weighted by Gasteiger charge is -2.26. The summed E-state index contributed by atoms with van der Waals surface area (Å²) in [4.78, 5) is 4.63. The van der Waals surface area contributed by atoms with Crippen molar-refractivity contribution in [1.82, 2.24) is 0 Å². The van der Waals surface area contributed by atoms with Crippen LogP contribution in [-0.2, 0) is 10.3 Å². The number of hydrogen-bond acceptors (Lipinski definition) is 4. The van der Waals surface area contributed by atoms with Crippen molar-refractivity contribution in [1.29, 1.82) is 0 Å². The Hall–Kier alpha value is -2.01. The predicted molar refractivity (Wildman–Crippen MR) is 94.8 cm³/mol. The van der Waals surface area contributed by atoms with Crippen molar-refractivity contribution >= 4 is 22.0 Å². The van der Waals surface area contributed by atoms with Crippen LogP contribution in [0.4, 0.5) is 0 Å². The van der Waals surface area contributed by atoms with Gasteiger partial charge in [-0.3, -0.25) is 0 Å². The van der Waals surface area contributed by atoms with Gasteiger partial charge in [-0.15, -0.1) is 0 Å². The number of ether oxygens (including phenoxy) is 2. The third kappa shape index (κ3) is 2.93. The second kappa shape index (κ2) is 6.24. The van der Waals surface area contributed by atoms with E-state index in [-0.39, 0.29) is 6.02 Å². The fourth-order valence-electron chi connectivity index (χ4n) is 2.86. The summed E-state index contributed by atoms with van der Waals surface area (Å²) in [6.45, 7) is 5.05. The van der Waals surface area contributed by atoms with E-state index in [0.717, 1.165) is 26.9 Å². The molecule has 0 aromatic heterocycles. The van der Waals surface area contributed by atoms with Crippen molar-refractivity contribution in [3.05, 3.63) is 63.6 Å². The molecule has 0 saturated carbocycles. The summed E-state index contributed by atoms with van der Waals surface area (Å²) in [5.74, 6) is 0.886. The van der Waals surface area contributed by atoms with Crippen LogP contribution < -0.4 is 10.5 Å². The molecule has 3 rings (SSSR count). The number of halogens is 1. The maximum Gasteiger partial charge on any atom is 0.283 e. The predicted octanol–water partition coefficient (Wildman–Crippen LogP) is 3.74. The third-order valence-electron chi connectivity index (χ3n) is 3.98. The molecule has 1 aliphatic rings. The van der Waals surface area contributed by atoms with E-state index in [1.807, 2.05) is 44.2 Å². The average molecular weight is 375 g/mol. The number of rotatable bonds is 4. The van der Waals surface area contributed by atoms with E-state index in [1.165, 1.54) is 0 Å². The maximum atomic E-state index is 5.83. The smallest absolute Gasteiger partial charge is 0.283 e. The molecule has 0 radical (unpaired) electrons. The van der Waals surface area contributed by atoms with Crippen molar-refractivity contribution in [3.8, 4) is 5.75 Å². The molecule has 0 bridgehead atoms. The molecule has 1 unspecified atom stereocenters.